The third kappa shape index (κ3) is 4.08. The lowest BCUT2D eigenvalue weighted by atomic mass is 9.83. The van der Waals surface area contributed by atoms with Crippen LogP contribution in [0.25, 0.3) is 0 Å². The fourth-order valence-electron chi connectivity index (χ4n) is 4.74. The number of likely N-dealkylation sites (tertiary alicyclic amines) is 1. The SMILES string of the molecule is CNc1nc([C@H]2CCN(C(=O)C(C)(C)c3ccc(C)cc3)C2)nc2c1CN(C(C)=O)CC2. The second-order valence-corrected chi connectivity index (χ2v) is 9.52. The topological polar surface area (TPSA) is 78.4 Å². The molecular formula is C25H33N5O2. The number of nitrogens with zero attached hydrogens (tertiary/aromatic N) is 4. The first-order valence-electron chi connectivity index (χ1n) is 11.4. The van der Waals surface area contributed by atoms with Crippen LogP contribution >= 0.6 is 0 Å². The van der Waals surface area contributed by atoms with Gasteiger partial charge in [0.25, 0.3) is 0 Å². The number of aryl methyl sites for hydroxylation is 1. The number of carbonyl (C=O) groups is 2. The average Bonchev–Trinajstić information content (AvgIpc) is 3.27. The summed E-state index contributed by atoms with van der Waals surface area (Å²) in [6, 6.07) is 8.23. The average molecular weight is 436 g/mol. The minimum atomic E-state index is -0.578. The van der Waals surface area contributed by atoms with Crippen molar-refractivity contribution in [2.24, 2.45) is 0 Å². The number of aromatic nitrogens is 2. The number of hydrogen-bond acceptors (Lipinski definition) is 5. The van der Waals surface area contributed by atoms with Crippen molar-refractivity contribution >= 4 is 17.6 Å². The van der Waals surface area contributed by atoms with E-state index in [1.54, 1.807) is 6.92 Å². The molecule has 1 aromatic heterocycles. The maximum atomic E-state index is 13.4. The van der Waals surface area contributed by atoms with E-state index in [-0.39, 0.29) is 17.7 Å². The van der Waals surface area contributed by atoms with Crippen molar-refractivity contribution in [1.82, 2.24) is 19.8 Å². The van der Waals surface area contributed by atoms with Gasteiger partial charge in [-0.05, 0) is 32.8 Å². The quantitative estimate of drug-likeness (QED) is 0.799. The molecule has 170 valence electrons. The molecule has 0 spiro atoms. The van der Waals surface area contributed by atoms with Crippen molar-refractivity contribution in [2.75, 3.05) is 32.0 Å². The number of rotatable bonds is 4. The van der Waals surface area contributed by atoms with Crippen LogP contribution in [0.2, 0.25) is 0 Å². The lowest BCUT2D eigenvalue weighted by molar-refractivity contribution is -0.135. The lowest BCUT2D eigenvalue weighted by Gasteiger charge is -2.30. The molecule has 1 aromatic carbocycles. The minimum Gasteiger partial charge on any atom is -0.373 e. The number of fused-ring (bicyclic) bond motifs is 1. The summed E-state index contributed by atoms with van der Waals surface area (Å²) in [7, 11) is 1.85. The van der Waals surface area contributed by atoms with E-state index < -0.39 is 5.41 Å². The van der Waals surface area contributed by atoms with Gasteiger partial charge in [0.05, 0.1) is 17.7 Å². The summed E-state index contributed by atoms with van der Waals surface area (Å²) in [5.41, 5.74) is 3.67. The van der Waals surface area contributed by atoms with Gasteiger partial charge < -0.3 is 15.1 Å². The van der Waals surface area contributed by atoms with Gasteiger partial charge in [0, 0.05) is 51.5 Å². The predicted molar refractivity (Wildman–Crippen MR) is 125 cm³/mol. The van der Waals surface area contributed by atoms with Crippen LogP contribution in [-0.2, 0) is 28.0 Å². The highest BCUT2D eigenvalue weighted by Crippen LogP contribution is 2.33. The van der Waals surface area contributed by atoms with Crippen LogP contribution < -0.4 is 5.32 Å². The first-order chi connectivity index (χ1) is 15.2. The Kier molecular flexibility index (Phi) is 5.93. The molecule has 0 saturated carbocycles. The van der Waals surface area contributed by atoms with Crippen molar-refractivity contribution in [3.63, 3.8) is 0 Å². The van der Waals surface area contributed by atoms with Crippen molar-refractivity contribution in [3.05, 3.63) is 52.5 Å². The monoisotopic (exact) mass is 435 g/mol. The molecule has 7 heteroatoms. The number of nitrogens with one attached hydrogen (secondary N) is 1. The molecule has 2 aliphatic heterocycles. The number of benzene rings is 1. The van der Waals surface area contributed by atoms with E-state index in [0.717, 1.165) is 41.3 Å². The minimum absolute atomic E-state index is 0.0721. The third-order valence-electron chi connectivity index (χ3n) is 6.91. The van der Waals surface area contributed by atoms with E-state index in [0.29, 0.717) is 26.2 Å². The van der Waals surface area contributed by atoms with Crippen molar-refractivity contribution in [1.29, 1.82) is 0 Å². The normalized spacial score (nSPS) is 18.5. The molecule has 3 heterocycles. The van der Waals surface area contributed by atoms with Gasteiger partial charge in [0.1, 0.15) is 11.6 Å². The fraction of sp³-hybridized carbons (Fsp3) is 0.520. The second-order valence-electron chi connectivity index (χ2n) is 9.52. The molecule has 2 aromatic rings. The predicted octanol–water partition coefficient (Wildman–Crippen LogP) is 3.03. The lowest BCUT2D eigenvalue weighted by Crippen LogP contribution is -2.42. The first-order valence-corrected chi connectivity index (χ1v) is 11.4. The van der Waals surface area contributed by atoms with Gasteiger partial charge in [-0.1, -0.05) is 29.8 Å². The second kappa shape index (κ2) is 8.52. The molecular weight excluding hydrogens is 402 g/mol. The molecule has 0 unspecified atom stereocenters. The van der Waals surface area contributed by atoms with E-state index in [1.807, 2.05) is 30.7 Å². The number of anilines is 1. The van der Waals surface area contributed by atoms with E-state index in [9.17, 15) is 9.59 Å². The van der Waals surface area contributed by atoms with Crippen LogP contribution in [0.4, 0.5) is 5.82 Å². The zero-order valence-corrected chi connectivity index (χ0v) is 19.7. The van der Waals surface area contributed by atoms with Crippen LogP contribution in [-0.4, -0.2) is 58.3 Å². The van der Waals surface area contributed by atoms with E-state index in [1.165, 1.54) is 5.56 Å². The third-order valence-corrected chi connectivity index (χ3v) is 6.91. The van der Waals surface area contributed by atoms with Crippen molar-refractivity contribution < 1.29 is 9.59 Å². The highest BCUT2D eigenvalue weighted by Gasteiger charge is 2.38. The van der Waals surface area contributed by atoms with Crippen molar-refractivity contribution in [2.45, 2.75) is 58.4 Å². The van der Waals surface area contributed by atoms with Gasteiger partial charge in [-0.2, -0.15) is 0 Å². The van der Waals surface area contributed by atoms with Gasteiger partial charge in [0.15, 0.2) is 0 Å². The molecule has 1 fully saturated rings. The summed E-state index contributed by atoms with van der Waals surface area (Å²) in [6.07, 6.45) is 1.59. The van der Waals surface area contributed by atoms with Crippen LogP contribution in [0, 0.1) is 6.92 Å². The molecule has 2 aliphatic rings. The Morgan fingerprint density at radius 2 is 1.81 bits per heavy atom. The Bertz CT molecular complexity index is 1010. The van der Waals surface area contributed by atoms with Gasteiger partial charge >= 0.3 is 0 Å². The maximum absolute atomic E-state index is 13.4. The van der Waals surface area contributed by atoms with Gasteiger partial charge in [0.2, 0.25) is 11.8 Å². The van der Waals surface area contributed by atoms with E-state index in [2.05, 4.69) is 36.5 Å². The molecule has 4 rings (SSSR count). The summed E-state index contributed by atoms with van der Waals surface area (Å²) in [5, 5.41) is 3.19. The molecule has 0 aliphatic carbocycles. The molecule has 32 heavy (non-hydrogen) atoms. The van der Waals surface area contributed by atoms with Gasteiger partial charge in [-0.3, -0.25) is 9.59 Å². The largest absolute Gasteiger partial charge is 0.373 e. The zero-order chi connectivity index (χ0) is 23.0. The van der Waals surface area contributed by atoms with E-state index in [4.69, 9.17) is 9.97 Å². The summed E-state index contributed by atoms with van der Waals surface area (Å²) in [5.74, 6) is 1.93. The van der Waals surface area contributed by atoms with Gasteiger partial charge in [-0.25, -0.2) is 9.97 Å². The Labute approximate surface area is 190 Å². The van der Waals surface area contributed by atoms with Crippen LogP contribution in [0.5, 0.6) is 0 Å². The Balaban J connectivity index is 1.53. The van der Waals surface area contributed by atoms with Gasteiger partial charge in [-0.15, -0.1) is 0 Å². The maximum Gasteiger partial charge on any atom is 0.232 e. The van der Waals surface area contributed by atoms with Crippen LogP contribution in [0.3, 0.4) is 0 Å². The number of carbonyl (C=O) groups excluding carboxylic acids is 2. The van der Waals surface area contributed by atoms with E-state index >= 15 is 0 Å². The molecule has 1 N–H and O–H groups in total. The highest BCUT2D eigenvalue weighted by molar-refractivity contribution is 5.87. The number of amides is 2. The molecule has 2 amide bonds. The zero-order valence-electron chi connectivity index (χ0n) is 19.7. The van der Waals surface area contributed by atoms with Crippen LogP contribution in [0.15, 0.2) is 24.3 Å². The molecule has 0 radical (unpaired) electrons. The smallest absolute Gasteiger partial charge is 0.232 e. The summed E-state index contributed by atoms with van der Waals surface area (Å²) in [4.78, 5) is 38.7. The molecule has 0 bridgehead atoms. The Morgan fingerprint density at radius 3 is 2.47 bits per heavy atom. The van der Waals surface area contributed by atoms with Crippen LogP contribution in [0.1, 0.15) is 61.3 Å². The molecule has 1 atom stereocenters. The standard InChI is InChI=1S/C25H33N5O2/c1-16-6-8-19(9-7-16)25(3,4)24(32)30-12-10-18(14-30)22-27-21-11-13-29(17(2)31)15-20(21)23(26-5)28-22/h6-9,18H,10-15H2,1-5H3,(H,26,27,28)/t18-/m0/s1. The number of hydrogen-bond donors (Lipinski definition) is 1. The first kappa shape index (κ1) is 22.2. The molecule has 1 saturated heterocycles. The summed E-state index contributed by atoms with van der Waals surface area (Å²) < 4.78 is 0. The fourth-order valence-corrected chi connectivity index (χ4v) is 4.74. The summed E-state index contributed by atoms with van der Waals surface area (Å²) >= 11 is 0. The van der Waals surface area contributed by atoms with Crippen molar-refractivity contribution in [3.8, 4) is 0 Å². The Hall–Kier alpha value is -2.96. The molecule has 7 nitrogen and oxygen atoms in total. The summed E-state index contributed by atoms with van der Waals surface area (Å²) in [6.45, 7) is 10.2. The Morgan fingerprint density at radius 1 is 1.09 bits per heavy atom. The highest BCUT2D eigenvalue weighted by atomic mass is 16.2.